The fourth-order valence-corrected chi connectivity index (χ4v) is 3.95. The number of thioether (sulfide) groups is 1. The monoisotopic (exact) mass is 426 g/mol. The van der Waals surface area contributed by atoms with E-state index >= 15 is 0 Å². The van der Waals surface area contributed by atoms with Gasteiger partial charge in [0.15, 0.2) is 0 Å². The number of hydrogen-bond donors (Lipinski definition) is 2. The van der Waals surface area contributed by atoms with E-state index in [2.05, 4.69) is 44.1 Å². The van der Waals surface area contributed by atoms with Gasteiger partial charge in [-0.15, -0.1) is 0 Å². The van der Waals surface area contributed by atoms with Gasteiger partial charge in [0.2, 0.25) is 5.95 Å². The standard InChI is InChI=1S/C21H26N6O2S/c1-15(4-3-8-22-2)13-23-14-16-6-10-27(11-7-16)20-24-9-5-17(25-20)12-18-19(28)26-21(29)30-18/h3-5,8-9,12,16,23H,2,6-7,10-11,13-14H2,1H3,(H,26,28,29). The number of piperidine rings is 1. The average Bonchev–Trinajstić information content (AvgIpc) is 3.05. The van der Waals surface area contributed by atoms with E-state index in [4.69, 9.17) is 0 Å². The molecule has 2 aliphatic rings. The molecule has 2 aliphatic heterocycles. The maximum absolute atomic E-state index is 11.7. The highest BCUT2D eigenvalue weighted by Crippen LogP contribution is 2.26. The SMILES string of the molecule is C=NC=CC=C(C)CNCC1CCN(c2nccc(C=C3SC(=O)NC3=O)n2)CC1. The van der Waals surface area contributed by atoms with Gasteiger partial charge in [-0.25, -0.2) is 9.97 Å². The summed E-state index contributed by atoms with van der Waals surface area (Å²) < 4.78 is 0. The summed E-state index contributed by atoms with van der Waals surface area (Å²) >= 11 is 0.891. The second-order valence-corrected chi connectivity index (χ2v) is 8.25. The van der Waals surface area contributed by atoms with Gasteiger partial charge in [-0.05, 0) is 68.9 Å². The Morgan fingerprint density at radius 2 is 2.23 bits per heavy atom. The Bertz CT molecular complexity index is 887. The Morgan fingerprint density at radius 3 is 2.93 bits per heavy atom. The van der Waals surface area contributed by atoms with Gasteiger partial charge in [-0.2, -0.15) is 0 Å². The zero-order valence-electron chi connectivity index (χ0n) is 17.0. The van der Waals surface area contributed by atoms with Crippen molar-refractivity contribution in [2.75, 3.05) is 31.1 Å². The lowest BCUT2D eigenvalue weighted by molar-refractivity contribution is -0.115. The van der Waals surface area contributed by atoms with E-state index in [1.807, 2.05) is 12.2 Å². The van der Waals surface area contributed by atoms with Crippen molar-refractivity contribution in [2.24, 2.45) is 10.9 Å². The van der Waals surface area contributed by atoms with Gasteiger partial charge in [0.25, 0.3) is 11.1 Å². The molecule has 1 aromatic heterocycles. The number of aromatic nitrogens is 2. The van der Waals surface area contributed by atoms with Gasteiger partial charge in [-0.3, -0.25) is 19.9 Å². The van der Waals surface area contributed by atoms with Crippen LogP contribution in [0.3, 0.4) is 0 Å². The third kappa shape index (κ3) is 6.36. The molecule has 2 amide bonds. The number of nitrogens with one attached hydrogen (secondary N) is 2. The minimum atomic E-state index is -0.378. The van der Waals surface area contributed by atoms with E-state index in [1.54, 1.807) is 24.5 Å². The van der Waals surface area contributed by atoms with Crippen molar-refractivity contribution in [1.82, 2.24) is 20.6 Å². The van der Waals surface area contributed by atoms with Gasteiger partial charge in [0.05, 0.1) is 10.6 Å². The molecule has 158 valence electrons. The van der Waals surface area contributed by atoms with Crippen LogP contribution in [0.4, 0.5) is 10.7 Å². The summed E-state index contributed by atoms with van der Waals surface area (Å²) in [7, 11) is 0. The molecule has 0 bridgehead atoms. The number of aliphatic imine (C=N–C) groups is 1. The molecule has 0 atom stereocenters. The highest BCUT2D eigenvalue weighted by atomic mass is 32.2. The number of carbonyl (C=O) groups is 2. The van der Waals surface area contributed by atoms with Crippen LogP contribution >= 0.6 is 11.8 Å². The van der Waals surface area contributed by atoms with Gasteiger partial charge >= 0.3 is 0 Å². The third-order valence-corrected chi connectivity index (χ3v) is 5.70. The maximum atomic E-state index is 11.7. The molecule has 8 nitrogen and oxygen atoms in total. The lowest BCUT2D eigenvalue weighted by Gasteiger charge is -2.32. The van der Waals surface area contributed by atoms with E-state index in [9.17, 15) is 9.59 Å². The summed E-state index contributed by atoms with van der Waals surface area (Å²) in [5, 5.41) is 5.42. The Labute approximate surface area is 180 Å². The summed E-state index contributed by atoms with van der Waals surface area (Å²) in [6.45, 7) is 9.13. The smallest absolute Gasteiger partial charge is 0.290 e. The van der Waals surface area contributed by atoms with Crippen molar-refractivity contribution in [2.45, 2.75) is 19.8 Å². The molecule has 0 spiro atoms. The lowest BCUT2D eigenvalue weighted by Crippen LogP contribution is -2.38. The van der Waals surface area contributed by atoms with Gasteiger partial charge in [-0.1, -0.05) is 11.6 Å². The molecule has 0 aliphatic carbocycles. The van der Waals surface area contributed by atoms with E-state index in [1.165, 1.54) is 5.57 Å². The second-order valence-electron chi connectivity index (χ2n) is 7.23. The first-order chi connectivity index (χ1) is 14.5. The number of nitrogens with zero attached hydrogens (tertiary/aromatic N) is 4. The summed E-state index contributed by atoms with van der Waals surface area (Å²) in [6.07, 6.45) is 11.1. The Hall–Kier alpha value is -2.78. The average molecular weight is 427 g/mol. The topological polar surface area (TPSA) is 99.6 Å². The van der Waals surface area contributed by atoms with E-state index < -0.39 is 0 Å². The summed E-state index contributed by atoms with van der Waals surface area (Å²) in [4.78, 5) is 38.2. The molecule has 0 aromatic carbocycles. The third-order valence-electron chi connectivity index (χ3n) is 4.89. The minimum absolute atomic E-state index is 0.355. The van der Waals surface area contributed by atoms with Crippen molar-refractivity contribution < 1.29 is 9.59 Å². The molecular weight excluding hydrogens is 400 g/mol. The van der Waals surface area contributed by atoms with Crippen LogP contribution in [-0.4, -0.2) is 54.0 Å². The maximum Gasteiger partial charge on any atom is 0.290 e. The first kappa shape index (κ1) is 21.9. The molecule has 0 unspecified atom stereocenters. The minimum Gasteiger partial charge on any atom is -0.341 e. The normalized spacial score (nSPS) is 19.7. The number of carbonyl (C=O) groups excluding carboxylic acids is 2. The fraction of sp³-hybridized carbons (Fsp3) is 0.381. The van der Waals surface area contributed by atoms with E-state index in [0.29, 0.717) is 22.5 Å². The number of hydrogen-bond acceptors (Lipinski definition) is 8. The van der Waals surface area contributed by atoms with Crippen molar-refractivity contribution >= 4 is 41.7 Å². The molecular formula is C21H26N6O2S. The van der Waals surface area contributed by atoms with Gasteiger partial charge in [0, 0.05) is 32.0 Å². The zero-order valence-corrected chi connectivity index (χ0v) is 17.8. The molecule has 30 heavy (non-hydrogen) atoms. The number of amides is 2. The van der Waals surface area contributed by atoms with Crippen molar-refractivity contribution in [3.05, 3.63) is 46.8 Å². The number of allylic oxidation sites excluding steroid dienone is 2. The highest BCUT2D eigenvalue weighted by Gasteiger charge is 2.25. The Kier molecular flexibility index (Phi) is 7.92. The number of anilines is 1. The Balaban J connectivity index is 1.48. The second kappa shape index (κ2) is 10.8. The molecule has 0 radical (unpaired) electrons. The first-order valence-corrected chi connectivity index (χ1v) is 10.7. The summed E-state index contributed by atoms with van der Waals surface area (Å²) in [6, 6.07) is 1.74. The molecule has 2 N–H and O–H groups in total. The number of rotatable bonds is 8. The molecule has 2 saturated heterocycles. The molecule has 3 rings (SSSR count). The first-order valence-electron chi connectivity index (χ1n) is 9.87. The molecule has 0 saturated carbocycles. The largest absolute Gasteiger partial charge is 0.341 e. The summed E-state index contributed by atoms with van der Waals surface area (Å²) in [5.74, 6) is 0.901. The van der Waals surface area contributed by atoms with Gasteiger partial charge < -0.3 is 10.2 Å². The highest BCUT2D eigenvalue weighted by molar-refractivity contribution is 8.18. The van der Waals surface area contributed by atoms with Crippen molar-refractivity contribution in [1.29, 1.82) is 0 Å². The quantitative estimate of drug-likeness (QED) is 0.375. The Morgan fingerprint density at radius 1 is 1.43 bits per heavy atom. The van der Waals surface area contributed by atoms with Crippen LogP contribution in [0.2, 0.25) is 0 Å². The van der Waals surface area contributed by atoms with Crippen LogP contribution in [0, 0.1) is 5.92 Å². The van der Waals surface area contributed by atoms with Crippen LogP contribution in [-0.2, 0) is 4.79 Å². The zero-order chi connectivity index (χ0) is 21.3. The molecule has 3 heterocycles. The van der Waals surface area contributed by atoms with Gasteiger partial charge in [0.1, 0.15) is 0 Å². The predicted octanol–water partition coefficient (Wildman–Crippen LogP) is 2.77. The predicted molar refractivity (Wildman–Crippen MR) is 121 cm³/mol. The lowest BCUT2D eigenvalue weighted by atomic mass is 9.97. The van der Waals surface area contributed by atoms with Crippen LogP contribution in [0.25, 0.3) is 6.08 Å². The van der Waals surface area contributed by atoms with Crippen molar-refractivity contribution in [3.63, 3.8) is 0 Å². The van der Waals surface area contributed by atoms with Crippen LogP contribution in [0.1, 0.15) is 25.5 Å². The van der Waals surface area contributed by atoms with E-state index in [-0.39, 0.29) is 11.1 Å². The van der Waals surface area contributed by atoms with E-state index in [0.717, 1.165) is 50.8 Å². The fourth-order valence-electron chi connectivity index (χ4n) is 3.29. The van der Waals surface area contributed by atoms with Crippen LogP contribution in [0.15, 0.2) is 46.1 Å². The molecule has 2 fully saturated rings. The van der Waals surface area contributed by atoms with Crippen molar-refractivity contribution in [3.8, 4) is 0 Å². The van der Waals surface area contributed by atoms with Crippen LogP contribution < -0.4 is 15.5 Å². The number of imide groups is 1. The van der Waals surface area contributed by atoms with Crippen LogP contribution in [0.5, 0.6) is 0 Å². The summed E-state index contributed by atoms with van der Waals surface area (Å²) in [5.41, 5.74) is 1.88. The molecule has 1 aromatic rings. The molecule has 9 heteroatoms.